The third-order valence-electron chi connectivity index (χ3n) is 3.47. The summed E-state index contributed by atoms with van der Waals surface area (Å²) in [5, 5.41) is 2.15. The van der Waals surface area contributed by atoms with Crippen LogP contribution in [0.1, 0.15) is 0 Å². The van der Waals surface area contributed by atoms with E-state index in [1.54, 1.807) is 0 Å². The Morgan fingerprint density at radius 2 is 1.20 bits per heavy atom. The second kappa shape index (κ2) is 3.93. The Kier molecular flexibility index (Phi) is 3.08. The minimum atomic E-state index is -6.54. The Hall–Kier alpha value is -0.710. The maximum absolute atomic E-state index is 14.1. The van der Waals surface area contributed by atoms with Crippen LogP contribution in [-0.2, 0) is 4.74 Å². The number of ether oxygens (including phenoxy) is 1. The first-order valence-corrected chi connectivity index (χ1v) is 5.38. The van der Waals surface area contributed by atoms with Crippen LogP contribution in [0.3, 0.4) is 0 Å². The summed E-state index contributed by atoms with van der Waals surface area (Å²) in [6.07, 6.45) is -2.83. The van der Waals surface area contributed by atoms with E-state index in [1.165, 1.54) is 0 Å². The monoisotopic (exact) mass is 317 g/mol. The van der Waals surface area contributed by atoms with E-state index in [2.05, 4.69) is 10.1 Å². The lowest BCUT2D eigenvalue weighted by atomic mass is 9.89. The molecule has 0 amide bonds. The van der Waals surface area contributed by atoms with Gasteiger partial charge in [-0.05, 0) is 0 Å². The van der Waals surface area contributed by atoms with E-state index in [4.69, 9.17) is 0 Å². The zero-order chi connectivity index (χ0) is 15.6. The van der Waals surface area contributed by atoms with Gasteiger partial charge in [0.1, 0.15) is 6.10 Å². The van der Waals surface area contributed by atoms with Crippen molar-refractivity contribution >= 4 is 0 Å². The topological polar surface area (TPSA) is 21.3 Å². The van der Waals surface area contributed by atoms with Crippen molar-refractivity contribution < 1.29 is 44.3 Å². The van der Waals surface area contributed by atoms with Gasteiger partial charge in [0, 0.05) is 13.1 Å². The zero-order valence-electron chi connectivity index (χ0n) is 9.51. The number of nitrogens with one attached hydrogen (secondary N) is 1. The first-order chi connectivity index (χ1) is 8.86. The Morgan fingerprint density at radius 1 is 0.750 bits per heavy atom. The van der Waals surface area contributed by atoms with Crippen molar-refractivity contribution in [3.63, 3.8) is 0 Å². The molecule has 1 saturated carbocycles. The van der Waals surface area contributed by atoms with Gasteiger partial charge >= 0.3 is 23.7 Å². The summed E-state index contributed by atoms with van der Waals surface area (Å²) in [7, 11) is 0. The first kappa shape index (κ1) is 15.7. The van der Waals surface area contributed by atoms with Gasteiger partial charge in [-0.1, -0.05) is 0 Å². The van der Waals surface area contributed by atoms with Crippen LogP contribution in [-0.4, -0.2) is 55.2 Å². The first-order valence-electron chi connectivity index (χ1n) is 5.38. The fourth-order valence-electron chi connectivity index (χ4n) is 2.27. The molecule has 2 rings (SSSR count). The van der Waals surface area contributed by atoms with E-state index >= 15 is 0 Å². The predicted octanol–water partition coefficient (Wildman–Crippen LogP) is 2.24. The summed E-state index contributed by atoms with van der Waals surface area (Å²) in [6, 6.07) is 0. The Morgan fingerprint density at radius 3 is 1.55 bits per heavy atom. The summed E-state index contributed by atoms with van der Waals surface area (Å²) < 4.78 is 124. The van der Waals surface area contributed by atoms with Gasteiger partial charge in [-0.25, -0.2) is 4.39 Å². The highest BCUT2D eigenvalue weighted by atomic mass is 19.4. The lowest BCUT2D eigenvalue weighted by Crippen LogP contribution is -2.66. The molecule has 2 fully saturated rings. The molecule has 118 valence electrons. The second-order valence-electron chi connectivity index (χ2n) is 4.57. The van der Waals surface area contributed by atoms with E-state index < -0.39 is 48.6 Å². The third kappa shape index (κ3) is 1.35. The van der Waals surface area contributed by atoms with Gasteiger partial charge < -0.3 is 10.1 Å². The summed E-state index contributed by atoms with van der Waals surface area (Å²) >= 11 is 0. The number of rotatable bonds is 1. The van der Waals surface area contributed by atoms with Gasteiger partial charge in [0.15, 0.2) is 0 Å². The van der Waals surface area contributed by atoms with Gasteiger partial charge in [-0.2, -0.15) is 35.1 Å². The molecule has 0 aromatic heterocycles. The number of hydrogen-bond acceptors (Lipinski definition) is 2. The smallest absolute Gasteiger partial charge is 0.372 e. The molecular weight excluding hydrogens is 309 g/mol. The van der Waals surface area contributed by atoms with Crippen molar-refractivity contribution in [2.24, 2.45) is 0 Å². The lowest BCUT2D eigenvalue weighted by molar-refractivity contribution is -0.303. The highest BCUT2D eigenvalue weighted by Crippen LogP contribution is 2.70. The molecule has 2 aliphatic rings. The molecule has 11 heteroatoms. The molecule has 1 heterocycles. The molecule has 2 nitrogen and oxygen atoms in total. The molecule has 0 spiro atoms. The highest BCUT2D eigenvalue weighted by Gasteiger charge is 3.01. The largest absolute Gasteiger partial charge is 0.382 e. The maximum Gasteiger partial charge on any atom is 0.382 e. The molecule has 1 aliphatic carbocycles. The van der Waals surface area contributed by atoms with Crippen molar-refractivity contribution in [3.8, 4) is 0 Å². The second-order valence-corrected chi connectivity index (χ2v) is 4.57. The molecule has 0 aromatic carbocycles. The molecule has 0 aromatic rings. The van der Waals surface area contributed by atoms with E-state index in [0.29, 0.717) is 0 Å². The number of hydrogen-bond donors (Lipinski definition) is 1. The lowest BCUT2D eigenvalue weighted by Gasteiger charge is -2.39. The third-order valence-corrected chi connectivity index (χ3v) is 3.47. The standard InChI is InChI=1S/C9H8F9NO/c10-5(4-3-19-1-2-20-4)6(11,12)8(15,16)9(17,18)7(5,13)14/h4,19H,1-3H2. The molecule has 1 atom stereocenters. The van der Waals surface area contributed by atoms with Crippen molar-refractivity contribution in [1.29, 1.82) is 0 Å². The predicted molar refractivity (Wildman–Crippen MR) is 46.2 cm³/mol. The normalized spacial score (nSPS) is 36.8. The summed E-state index contributed by atoms with van der Waals surface area (Å²) in [4.78, 5) is 0. The van der Waals surface area contributed by atoms with Crippen LogP contribution in [0.15, 0.2) is 0 Å². The number of halogens is 9. The molecule has 0 radical (unpaired) electrons. The summed E-state index contributed by atoms with van der Waals surface area (Å²) in [5.41, 5.74) is -5.53. The van der Waals surface area contributed by atoms with Gasteiger partial charge in [-0.15, -0.1) is 0 Å². The average molecular weight is 317 g/mol. The van der Waals surface area contributed by atoms with Crippen LogP contribution in [0, 0.1) is 0 Å². The van der Waals surface area contributed by atoms with Crippen LogP contribution >= 0.6 is 0 Å². The fraction of sp³-hybridized carbons (Fsp3) is 1.00. The zero-order valence-corrected chi connectivity index (χ0v) is 9.51. The minimum Gasteiger partial charge on any atom is -0.372 e. The minimum absolute atomic E-state index is 0.0451. The number of alkyl halides is 9. The molecular formula is C9H8F9NO. The fourth-order valence-corrected chi connectivity index (χ4v) is 2.27. The maximum atomic E-state index is 14.1. The van der Waals surface area contributed by atoms with Crippen LogP contribution in [0.4, 0.5) is 39.5 Å². The molecule has 0 bridgehead atoms. The van der Waals surface area contributed by atoms with Crippen LogP contribution < -0.4 is 5.32 Å². The average Bonchev–Trinajstić information content (AvgIpc) is 2.41. The van der Waals surface area contributed by atoms with Gasteiger partial charge in [0.25, 0.3) is 5.67 Å². The van der Waals surface area contributed by atoms with E-state index in [-0.39, 0.29) is 6.54 Å². The van der Waals surface area contributed by atoms with Gasteiger partial charge in [-0.3, -0.25) is 0 Å². The Balaban J connectivity index is 2.61. The molecule has 1 aliphatic heterocycles. The van der Waals surface area contributed by atoms with Crippen molar-refractivity contribution in [3.05, 3.63) is 0 Å². The van der Waals surface area contributed by atoms with Crippen LogP contribution in [0.2, 0.25) is 0 Å². The van der Waals surface area contributed by atoms with Gasteiger partial charge in [0.05, 0.1) is 6.61 Å². The van der Waals surface area contributed by atoms with Crippen molar-refractivity contribution in [1.82, 2.24) is 5.32 Å². The molecule has 20 heavy (non-hydrogen) atoms. The quantitative estimate of drug-likeness (QED) is 0.749. The molecule has 1 N–H and O–H groups in total. The Labute approximate surface area is 106 Å². The Bertz CT molecular complexity index is 378. The van der Waals surface area contributed by atoms with Crippen molar-refractivity contribution in [2.75, 3.05) is 19.7 Å². The van der Waals surface area contributed by atoms with Crippen LogP contribution in [0.25, 0.3) is 0 Å². The van der Waals surface area contributed by atoms with Crippen molar-refractivity contribution in [2.45, 2.75) is 35.5 Å². The molecule has 1 saturated heterocycles. The molecule has 1 unspecified atom stereocenters. The van der Waals surface area contributed by atoms with E-state index in [9.17, 15) is 39.5 Å². The van der Waals surface area contributed by atoms with Crippen LogP contribution in [0.5, 0.6) is 0 Å². The number of morpholine rings is 1. The van der Waals surface area contributed by atoms with E-state index in [0.717, 1.165) is 0 Å². The SMILES string of the molecule is FC1(F)C(F)(F)C(F)(F)C(F)(C2CNCCO2)C1(F)F. The van der Waals surface area contributed by atoms with Gasteiger partial charge in [0.2, 0.25) is 0 Å². The summed E-state index contributed by atoms with van der Waals surface area (Å²) in [5.74, 6) is -25.7. The highest BCUT2D eigenvalue weighted by molar-refractivity contribution is 5.29. The van der Waals surface area contributed by atoms with E-state index in [1.807, 2.05) is 0 Å². The summed E-state index contributed by atoms with van der Waals surface area (Å²) in [6.45, 7) is -1.62.